The summed E-state index contributed by atoms with van der Waals surface area (Å²) in [5, 5.41) is 3.29. The van der Waals surface area contributed by atoms with Crippen LogP contribution >= 0.6 is 0 Å². The van der Waals surface area contributed by atoms with Crippen LogP contribution in [0.4, 0.5) is 0 Å². The predicted molar refractivity (Wildman–Crippen MR) is 67.3 cm³/mol. The number of likely N-dealkylation sites (N-methyl/N-ethyl adjacent to an activating group) is 1. The van der Waals surface area contributed by atoms with E-state index in [4.69, 9.17) is 0 Å². The van der Waals surface area contributed by atoms with Gasteiger partial charge >= 0.3 is 0 Å². The highest BCUT2D eigenvalue weighted by atomic mass is 16.2. The smallest absolute Gasteiger partial charge is 0.236 e. The number of nitrogens with one attached hydrogen (secondary N) is 1. The van der Waals surface area contributed by atoms with E-state index >= 15 is 0 Å². The van der Waals surface area contributed by atoms with Gasteiger partial charge in [-0.15, -0.1) is 0 Å². The van der Waals surface area contributed by atoms with E-state index < -0.39 is 0 Å². The highest BCUT2D eigenvalue weighted by molar-refractivity contribution is 5.78. The highest BCUT2D eigenvalue weighted by Gasteiger charge is 2.21. The number of hydrogen-bond acceptors (Lipinski definition) is 2. The maximum absolute atomic E-state index is 11.7. The van der Waals surface area contributed by atoms with Crippen molar-refractivity contribution in [2.24, 2.45) is 11.8 Å². The van der Waals surface area contributed by atoms with Crippen LogP contribution in [-0.4, -0.2) is 37.0 Å². The Bertz CT molecular complexity index is 228. The van der Waals surface area contributed by atoms with Crippen molar-refractivity contribution in [3.05, 3.63) is 0 Å². The fourth-order valence-corrected chi connectivity index (χ4v) is 2.31. The minimum absolute atomic E-state index is 0.195. The molecular weight excluding hydrogens is 200 g/mol. The molecule has 1 amide bonds. The van der Waals surface area contributed by atoms with E-state index in [0.717, 1.165) is 18.4 Å². The Balaban J connectivity index is 2.13. The molecule has 2 unspecified atom stereocenters. The molecule has 1 aliphatic rings. The van der Waals surface area contributed by atoms with E-state index in [1.54, 1.807) is 4.90 Å². The second kappa shape index (κ2) is 6.24. The molecule has 0 aliphatic heterocycles. The average Bonchev–Trinajstić information content (AvgIpc) is 2.62. The summed E-state index contributed by atoms with van der Waals surface area (Å²) in [5.41, 5.74) is 0. The summed E-state index contributed by atoms with van der Waals surface area (Å²) in [7, 11) is 1.87. The zero-order valence-corrected chi connectivity index (χ0v) is 11.1. The van der Waals surface area contributed by atoms with Gasteiger partial charge in [0.25, 0.3) is 0 Å². The van der Waals surface area contributed by atoms with E-state index in [1.165, 1.54) is 19.3 Å². The zero-order valence-electron chi connectivity index (χ0n) is 11.1. The van der Waals surface area contributed by atoms with Crippen molar-refractivity contribution < 1.29 is 4.79 Å². The van der Waals surface area contributed by atoms with Gasteiger partial charge in [0.2, 0.25) is 5.91 Å². The van der Waals surface area contributed by atoms with Gasteiger partial charge in [0.05, 0.1) is 6.54 Å². The van der Waals surface area contributed by atoms with E-state index in [9.17, 15) is 4.79 Å². The van der Waals surface area contributed by atoms with Crippen LogP contribution < -0.4 is 5.32 Å². The first kappa shape index (κ1) is 13.5. The molecule has 0 radical (unpaired) electrons. The first-order valence-corrected chi connectivity index (χ1v) is 6.47. The number of amides is 1. The van der Waals surface area contributed by atoms with Gasteiger partial charge in [-0.3, -0.25) is 4.79 Å². The summed E-state index contributed by atoms with van der Waals surface area (Å²) >= 11 is 0. The lowest BCUT2D eigenvalue weighted by Gasteiger charge is -2.22. The van der Waals surface area contributed by atoms with Gasteiger partial charge in [-0.05, 0) is 45.1 Å². The van der Waals surface area contributed by atoms with Gasteiger partial charge < -0.3 is 10.2 Å². The number of nitrogens with zero attached hydrogens (tertiary/aromatic N) is 1. The molecule has 1 saturated carbocycles. The quantitative estimate of drug-likeness (QED) is 0.776. The Morgan fingerprint density at radius 2 is 2.12 bits per heavy atom. The standard InChI is InChI=1S/C13H26N2O/c1-10(2)15(4)13(16)9-14-8-12-6-5-11(3)7-12/h10-12,14H,5-9H2,1-4H3. The molecule has 1 rings (SSSR count). The topological polar surface area (TPSA) is 32.3 Å². The molecule has 0 aromatic carbocycles. The molecule has 3 nitrogen and oxygen atoms in total. The van der Waals surface area contributed by atoms with Crippen molar-refractivity contribution in [3.8, 4) is 0 Å². The molecule has 1 fully saturated rings. The lowest BCUT2D eigenvalue weighted by molar-refractivity contribution is -0.130. The van der Waals surface area contributed by atoms with Gasteiger partial charge in [-0.2, -0.15) is 0 Å². The lowest BCUT2D eigenvalue weighted by Crippen LogP contribution is -2.40. The Morgan fingerprint density at radius 1 is 1.44 bits per heavy atom. The number of carbonyl (C=O) groups excluding carboxylic acids is 1. The number of rotatable bonds is 5. The minimum atomic E-state index is 0.195. The second-order valence-corrected chi connectivity index (χ2v) is 5.51. The Kier molecular flexibility index (Phi) is 5.26. The molecule has 0 heterocycles. The van der Waals surface area contributed by atoms with Gasteiger partial charge in [-0.25, -0.2) is 0 Å². The Hall–Kier alpha value is -0.570. The van der Waals surface area contributed by atoms with E-state index in [1.807, 2.05) is 20.9 Å². The molecule has 2 atom stereocenters. The maximum atomic E-state index is 11.7. The fraction of sp³-hybridized carbons (Fsp3) is 0.923. The summed E-state index contributed by atoms with van der Waals surface area (Å²) in [6.07, 6.45) is 4.00. The highest BCUT2D eigenvalue weighted by Crippen LogP contribution is 2.29. The number of hydrogen-bond donors (Lipinski definition) is 1. The van der Waals surface area contributed by atoms with Gasteiger partial charge in [-0.1, -0.05) is 13.3 Å². The molecule has 0 bridgehead atoms. The first-order valence-electron chi connectivity index (χ1n) is 6.47. The third kappa shape index (κ3) is 4.12. The van der Waals surface area contributed by atoms with Crippen LogP contribution in [0.1, 0.15) is 40.0 Å². The van der Waals surface area contributed by atoms with Crippen LogP contribution in [0.15, 0.2) is 0 Å². The third-order valence-electron chi connectivity index (χ3n) is 3.68. The van der Waals surface area contributed by atoms with Crippen molar-refractivity contribution in [3.63, 3.8) is 0 Å². The fourth-order valence-electron chi connectivity index (χ4n) is 2.31. The van der Waals surface area contributed by atoms with Crippen LogP contribution in [0, 0.1) is 11.8 Å². The maximum Gasteiger partial charge on any atom is 0.236 e. The van der Waals surface area contributed by atoms with Crippen molar-refractivity contribution in [1.82, 2.24) is 10.2 Å². The molecule has 1 aliphatic carbocycles. The molecule has 0 saturated heterocycles. The van der Waals surface area contributed by atoms with Crippen molar-refractivity contribution in [2.75, 3.05) is 20.1 Å². The second-order valence-electron chi connectivity index (χ2n) is 5.51. The summed E-state index contributed by atoms with van der Waals surface area (Å²) < 4.78 is 0. The largest absolute Gasteiger partial charge is 0.342 e. The third-order valence-corrected chi connectivity index (χ3v) is 3.68. The first-order chi connectivity index (χ1) is 7.50. The van der Waals surface area contributed by atoms with Gasteiger partial charge in [0.15, 0.2) is 0 Å². The summed E-state index contributed by atoms with van der Waals surface area (Å²) in [6, 6.07) is 0.292. The number of carbonyl (C=O) groups is 1. The van der Waals surface area contributed by atoms with E-state index in [-0.39, 0.29) is 5.91 Å². The van der Waals surface area contributed by atoms with Crippen molar-refractivity contribution in [2.45, 2.75) is 46.1 Å². The van der Waals surface area contributed by atoms with Gasteiger partial charge in [0, 0.05) is 13.1 Å². The monoisotopic (exact) mass is 226 g/mol. The normalized spacial score (nSPS) is 25.1. The van der Waals surface area contributed by atoms with Crippen LogP contribution in [0.3, 0.4) is 0 Å². The van der Waals surface area contributed by atoms with E-state index in [2.05, 4.69) is 12.2 Å². The SMILES string of the molecule is CC1CCC(CNCC(=O)N(C)C(C)C)C1. The van der Waals surface area contributed by atoms with Crippen LogP contribution in [-0.2, 0) is 4.79 Å². The minimum Gasteiger partial charge on any atom is -0.342 e. The van der Waals surface area contributed by atoms with Crippen LogP contribution in [0.2, 0.25) is 0 Å². The van der Waals surface area contributed by atoms with Crippen LogP contribution in [0.5, 0.6) is 0 Å². The Morgan fingerprint density at radius 3 is 2.62 bits per heavy atom. The molecule has 0 aromatic heterocycles. The summed E-state index contributed by atoms with van der Waals surface area (Å²) in [5.74, 6) is 1.86. The lowest BCUT2D eigenvalue weighted by atomic mass is 10.1. The molecular formula is C13H26N2O. The predicted octanol–water partition coefficient (Wildman–Crippen LogP) is 1.88. The summed E-state index contributed by atoms with van der Waals surface area (Å²) in [4.78, 5) is 13.5. The zero-order chi connectivity index (χ0) is 12.1. The van der Waals surface area contributed by atoms with Crippen molar-refractivity contribution >= 4 is 5.91 Å². The molecule has 16 heavy (non-hydrogen) atoms. The molecule has 1 N–H and O–H groups in total. The molecule has 94 valence electrons. The van der Waals surface area contributed by atoms with E-state index in [0.29, 0.717) is 12.6 Å². The van der Waals surface area contributed by atoms with Crippen LogP contribution in [0.25, 0.3) is 0 Å². The summed E-state index contributed by atoms with van der Waals surface area (Å²) in [6.45, 7) is 7.88. The average molecular weight is 226 g/mol. The Labute approximate surface area is 99.6 Å². The molecule has 0 spiro atoms. The molecule has 3 heteroatoms. The van der Waals surface area contributed by atoms with Gasteiger partial charge in [0.1, 0.15) is 0 Å². The molecule has 0 aromatic rings. The van der Waals surface area contributed by atoms with Crippen molar-refractivity contribution in [1.29, 1.82) is 0 Å².